The van der Waals surface area contributed by atoms with Crippen LogP contribution >= 0.6 is 11.8 Å². The Labute approximate surface area is 184 Å². The molecule has 0 radical (unpaired) electrons. The maximum Gasteiger partial charge on any atom is 0.321 e. The van der Waals surface area contributed by atoms with Crippen LogP contribution in [-0.4, -0.2) is 57.7 Å². The number of aromatic nitrogens is 4. The summed E-state index contributed by atoms with van der Waals surface area (Å²) < 4.78 is 6.75. The van der Waals surface area contributed by atoms with E-state index in [1.807, 2.05) is 28.8 Å². The van der Waals surface area contributed by atoms with Crippen LogP contribution in [0.5, 0.6) is 0 Å². The monoisotopic (exact) mass is 440 g/mol. The molecular weight excluding hydrogens is 416 g/mol. The lowest BCUT2D eigenvalue weighted by Gasteiger charge is -2.11. The molecule has 2 heterocycles. The van der Waals surface area contributed by atoms with Crippen LogP contribution in [-0.2, 0) is 16.0 Å². The van der Waals surface area contributed by atoms with Crippen LogP contribution < -0.4 is 10.6 Å². The molecule has 10 heteroatoms. The maximum atomic E-state index is 12.2. The number of hydrogen-bond acceptors (Lipinski definition) is 7. The second-order valence-corrected chi connectivity index (χ2v) is 7.43. The summed E-state index contributed by atoms with van der Waals surface area (Å²) in [5.41, 5.74) is 2.96. The zero-order valence-corrected chi connectivity index (χ0v) is 18.2. The lowest BCUT2D eigenvalue weighted by atomic mass is 10.1. The summed E-state index contributed by atoms with van der Waals surface area (Å²) in [4.78, 5) is 28.0. The average molecular weight is 441 g/mol. The molecule has 1 aromatic carbocycles. The minimum atomic E-state index is -0.559. The first kappa shape index (κ1) is 22.4. The van der Waals surface area contributed by atoms with Gasteiger partial charge >= 0.3 is 6.03 Å². The molecule has 2 N–H and O–H groups in total. The number of pyridine rings is 1. The second-order valence-electron chi connectivity index (χ2n) is 6.48. The predicted octanol–water partition coefficient (Wildman–Crippen LogP) is 2.46. The largest absolute Gasteiger partial charge is 0.383 e. The molecule has 31 heavy (non-hydrogen) atoms. The Balaban J connectivity index is 1.78. The van der Waals surface area contributed by atoms with Crippen molar-refractivity contribution in [2.45, 2.75) is 18.5 Å². The Kier molecular flexibility index (Phi) is 8.13. The lowest BCUT2D eigenvalue weighted by molar-refractivity contribution is -0.117. The van der Waals surface area contributed by atoms with Crippen molar-refractivity contribution in [2.24, 2.45) is 0 Å². The fourth-order valence-corrected chi connectivity index (χ4v) is 3.52. The predicted molar refractivity (Wildman–Crippen MR) is 118 cm³/mol. The highest BCUT2D eigenvalue weighted by atomic mass is 32.2. The number of rotatable bonds is 9. The number of methoxy groups -OCH3 is 1. The van der Waals surface area contributed by atoms with Gasteiger partial charge in [-0.3, -0.25) is 19.7 Å². The van der Waals surface area contributed by atoms with Crippen LogP contribution in [0.1, 0.15) is 12.5 Å². The van der Waals surface area contributed by atoms with Crippen molar-refractivity contribution in [1.29, 1.82) is 0 Å². The zero-order valence-electron chi connectivity index (χ0n) is 17.4. The molecule has 3 amide bonds. The molecule has 162 valence electrons. The van der Waals surface area contributed by atoms with E-state index in [2.05, 4.69) is 44.9 Å². The Bertz CT molecular complexity index is 1010. The van der Waals surface area contributed by atoms with Gasteiger partial charge in [-0.1, -0.05) is 30.8 Å². The van der Waals surface area contributed by atoms with E-state index in [0.29, 0.717) is 24.1 Å². The number of aryl methyl sites for hydroxylation is 1. The average Bonchev–Trinajstić information content (AvgIpc) is 3.22. The SMILES string of the molecule is CCc1ccc(-n2c(SCC(=O)NC(=O)NCCOC)nnc2-c2ccncc2)cc1. The molecule has 0 aliphatic carbocycles. The Morgan fingerprint density at radius 1 is 1.10 bits per heavy atom. The molecule has 2 aromatic heterocycles. The van der Waals surface area contributed by atoms with Gasteiger partial charge in [-0.05, 0) is 36.2 Å². The number of nitrogens with one attached hydrogen (secondary N) is 2. The topological polar surface area (TPSA) is 111 Å². The molecular formula is C21H24N6O3S. The fraction of sp³-hybridized carbons (Fsp3) is 0.286. The van der Waals surface area contributed by atoms with E-state index in [1.54, 1.807) is 12.4 Å². The van der Waals surface area contributed by atoms with Gasteiger partial charge in [0.25, 0.3) is 0 Å². The number of nitrogens with zero attached hydrogens (tertiary/aromatic N) is 4. The third kappa shape index (κ3) is 6.12. The number of hydrogen-bond donors (Lipinski definition) is 2. The standard InChI is InChI=1S/C21H24N6O3S/c1-3-15-4-6-17(7-5-15)27-19(16-8-10-22-11-9-16)25-26-21(27)31-14-18(28)24-20(29)23-12-13-30-2/h4-11H,3,12-14H2,1-2H3,(H2,23,24,28,29). The molecule has 3 aromatic rings. The van der Waals surface area contributed by atoms with Crippen molar-refractivity contribution < 1.29 is 14.3 Å². The summed E-state index contributed by atoms with van der Waals surface area (Å²) in [5, 5.41) is 14.0. The molecule has 0 aliphatic heterocycles. The van der Waals surface area contributed by atoms with Crippen molar-refractivity contribution in [3.05, 3.63) is 54.4 Å². The molecule has 0 saturated carbocycles. The summed E-state index contributed by atoms with van der Waals surface area (Å²) >= 11 is 1.20. The Hall–Kier alpha value is -3.24. The van der Waals surface area contributed by atoms with Crippen LogP contribution in [0.4, 0.5) is 4.79 Å². The van der Waals surface area contributed by atoms with Crippen LogP contribution in [0.2, 0.25) is 0 Å². The van der Waals surface area contributed by atoms with Crippen molar-refractivity contribution in [1.82, 2.24) is 30.4 Å². The maximum absolute atomic E-state index is 12.2. The molecule has 0 bridgehead atoms. The summed E-state index contributed by atoms with van der Waals surface area (Å²) in [7, 11) is 1.54. The summed E-state index contributed by atoms with van der Waals surface area (Å²) in [6, 6.07) is 11.3. The highest BCUT2D eigenvalue weighted by molar-refractivity contribution is 7.99. The smallest absolute Gasteiger partial charge is 0.321 e. The van der Waals surface area contributed by atoms with Crippen LogP contribution in [0.25, 0.3) is 17.1 Å². The van der Waals surface area contributed by atoms with Gasteiger partial charge in [0.15, 0.2) is 11.0 Å². The first-order valence-corrected chi connectivity index (χ1v) is 10.8. The van der Waals surface area contributed by atoms with E-state index < -0.39 is 11.9 Å². The minimum Gasteiger partial charge on any atom is -0.383 e. The van der Waals surface area contributed by atoms with Crippen molar-refractivity contribution in [2.75, 3.05) is 26.0 Å². The van der Waals surface area contributed by atoms with Gasteiger partial charge in [0.1, 0.15) is 0 Å². The number of imide groups is 1. The van der Waals surface area contributed by atoms with Gasteiger partial charge in [0, 0.05) is 37.3 Å². The van der Waals surface area contributed by atoms with Gasteiger partial charge in [0.2, 0.25) is 5.91 Å². The molecule has 0 saturated heterocycles. The highest BCUT2D eigenvalue weighted by Crippen LogP contribution is 2.27. The van der Waals surface area contributed by atoms with Gasteiger partial charge in [-0.2, -0.15) is 0 Å². The molecule has 0 unspecified atom stereocenters. The van der Waals surface area contributed by atoms with E-state index in [1.165, 1.54) is 24.4 Å². The summed E-state index contributed by atoms with van der Waals surface area (Å²) in [6.45, 7) is 2.79. The number of thioether (sulfide) groups is 1. The van der Waals surface area contributed by atoms with E-state index in [0.717, 1.165) is 17.7 Å². The van der Waals surface area contributed by atoms with Gasteiger partial charge in [0.05, 0.1) is 12.4 Å². The quantitative estimate of drug-likeness (QED) is 0.388. The summed E-state index contributed by atoms with van der Waals surface area (Å²) in [5.74, 6) is 0.229. The number of carbonyl (C=O) groups excluding carboxylic acids is 2. The van der Waals surface area contributed by atoms with Crippen LogP contribution in [0.3, 0.4) is 0 Å². The third-order valence-electron chi connectivity index (χ3n) is 4.35. The van der Waals surface area contributed by atoms with Crippen molar-refractivity contribution in [3.8, 4) is 17.1 Å². The van der Waals surface area contributed by atoms with E-state index in [9.17, 15) is 9.59 Å². The molecule has 0 spiro atoms. The Morgan fingerprint density at radius 2 is 1.84 bits per heavy atom. The number of benzene rings is 1. The summed E-state index contributed by atoms with van der Waals surface area (Å²) in [6.07, 6.45) is 4.32. The van der Waals surface area contributed by atoms with E-state index in [-0.39, 0.29) is 5.75 Å². The number of amides is 3. The van der Waals surface area contributed by atoms with Crippen LogP contribution in [0, 0.1) is 0 Å². The second kappa shape index (κ2) is 11.2. The van der Waals surface area contributed by atoms with E-state index in [4.69, 9.17) is 4.74 Å². The molecule has 9 nitrogen and oxygen atoms in total. The highest BCUT2D eigenvalue weighted by Gasteiger charge is 2.18. The first-order chi connectivity index (χ1) is 15.1. The number of carbonyl (C=O) groups is 2. The van der Waals surface area contributed by atoms with Gasteiger partial charge in [-0.25, -0.2) is 4.79 Å². The molecule has 0 fully saturated rings. The molecule has 3 rings (SSSR count). The fourth-order valence-electron chi connectivity index (χ4n) is 2.77. The number of urea groups is 1. The Morgan fingerprint density at radius 3 is 2.52 bits per heavy atom. The molecule has 0 aliphatic rings. The van der Waals surface area contributed by atoms with Gasteiger partial charge < -0.3 is 10.1 Å². The first-order valence-electron chi connectivity index (χ1n) is 9.77. The molecule has 0 atom stereocenters. The number of ether oxygens (including phenoxy) is 1. The van der Waals surface area contributed by atoms with Crippen molar-refractivity contribution in [3.63, 3.8) is 0 Å². The van der Waals surface area contributed by atoms with Gasteiger partial charge in [-0.15, -0.1) is 10.2 Å². The van der Waals surface area contributed by atoms with Crippen LogP contribution in [0.15, 0.2) is 53.9 Å². The minimum absolute atomic E-state index is 0.0131. The van der Waals surface area contributed by atoms with Crippen molar-refractivity contribution >= 4 is 23.7 Å². The third-order valence-corrected chi connectivity index (χ3v) is 5.28. The normalized spacial score (nSPS) is 10.6. The zero-order chi connectivity index (χ0) is 22.1. The lowest BCUT2D eigenvalue weighted by Crippen LogP contribution is -2.41. The van der Waals surface area contributed by atoms with E-state index >= 15 is 0 Å².